The predicted octanol–water partition coefficient (Wildman–Crippen LogP) is 11.9. The van der Waals surface area contributed by atoms with Crippen molar-refractivity contribution < 1.29 is 11.0 Å². The quantitative estimate of drug-likeness (QED) is 0.173. The van der Waals surface area contributed by atoms with Crippen molar-refractivity contribution in [2.45, 2.75) is 0 Å². The largest absolute Gasteiger partial charge is 0.309 e. The van der Waals surface area contributed by atoms with E-state index in [9.17, 15) is 2.74 Å². The average molecular weight is 659 g/mol. The summed E-state index contributed by atoms with van der Waals surface area (Å²) in [5.74, 6) is 1.22. The van der Waals surface area contributed by atoms with Crippen LogP contribution in [-0.2, 0) is 0 Å². The summed E-state index contributed by atoms with van der Waals surface area (Å²) in [6, 6.07) is 39.6. The van der Waals surface area contributed by atoms with Gasteiger partial charge in [-0.15, -0.1) is 0 Å². The number of hydrogen-bond donors (Lipinski definition) is 0. The van der Waals surface area contributed by atoms with Crippen molar-refractivity contribution in [1.29, 1.82) is 0 Å². The van der Waals surface area contributed by atoms with Gasteiger partial charge in [-0.05, 0) is 51.3 Å². The Kier molecular flexibility index (Phi) is 5.12. The van der Waals surface area contributed by atoms with E-state index in [2.05, 4.69) is 30.3 Å². The summed E-state index contributed by atoms with van der Waals surface area (Å²) in [6.07, 6.45) is 0. The maximum Gasteiger partial charge on any atom is 0.164 e. The van der Waals surface area contributed by atoms with Crippen LogP contribution in [0.25, 0.3) is 94.3 Å². The number of aromatic nitrogens is 4. The fourth-order valence-electron chi connectivity index (χ4n) is 6.96. The summed E-state index contributed by atoms with van der Waals surface area (Å²) in [7, 11) is 0. The van der Waals surface area contributed by atoms with Gasteiger partial charge in [0.15, 0.2) is 17.5 Å². The summed E-state index contributed by atoms with van der Waals surface area (Å²) >= 11 is 0. The molecule has 0 aliphatic carbocycles. The first kappa shape index (κ1) is 21.9. The van der Waals surface area contributed by atoms with E-state index < -0.39 is 36.3 Å². The zero-order valence-corrected chi connectivity index (χ0v) is 27.0. The molecule has 0 aliphatic heterocycles. The van der Waals surface area contributed by atoms with Crippen molar-refractivity contribution in [3.63, 3.8) is 0 Å². The highest BCUT2D eigenvalue weighted by Crippen LogP contribution is 2.39. The highest BCUT2D eigenvalue weighted by Gasteiger charge is 2.20. The molecule has 10 aromatic rings. The second-order valence-corrected chi connectivity index (χ2v) is 12.2. The van der Waals surface area contributed by atoms with E-state index in [0.29, 0.717) is 34.3 Å². The molecule has 0 saturated heterocycles. The van der Waals surface area contributed by atoms with Crippen LogP contribution in [-0.4, -0.2) is 19.5 Å². The molecule has 2 heterocycles. The van der Waals surface area contributed by atoms with Crippen LogP contribution >= 0.6 is 0 Å². The van der Waals surface area contributed by atoms with Gasteiger partial charge in [0, 0.05) is 33.0 Å². The number of benzene rings is 8. The smallest absolute Gasteiger partial charge is 0.164 e. The van der Waals surface area contributed by atoms with E-state index in [4.69, 9.17) is 23.2 Å². The van der Waals surface area contributed by atoms with Crippen LogP contribution in [0.5, 0.6) is 0 Å². The second kappa shape index (κ2) is 11.9. The monoisotopic (exact) mass is 658 g/mol. The van der Waals surface area contributed by atoms with E-state index in [-0.39, 0.29) is 33.9 Å². The first-order valence-corrected chi connectivity index (χ1v) is 16.6. The predicted molar refractivity (Wildman–Crippen MR) is 211 cm³/mol. The summed E-state index contributed by atoms with van der Waals surface area (Å²) in [5.41, 5.74) is 4.01. The number of nitrogens with zero attached hydrogens (tertiary/aromatic N) is 4. The standard InChI is InChI=1S/C47H30N4/c1-3-15-31(16-4-1)36-28-27-34(30-44(36)51-42-25-13-11-23-39(42)40-24-12-14-26-43(40)51)46-48-45(32-17-5-2-6-18-32)49-47(50-46)41-29-33-19-7-8-20-35(33)37-21-9-10-22-38(37)41/h1-30H/i11D,12D,13D,14D,23D,24D,25D,26D. The zero-order valence-electron chi connectivity index (χ0n) is 35.0. The Bertz CT molecular complexity index is 3290. The number of rotatable bonds is 5. The molecule has 0 atom stereocenters. The summed E-state index contributed by atoms with van der Waals surface area (Å²) in [4.78, 5) is 15.2. The minimum atomic E-state index is -0.502. The molecule has 2 aromatic heterocycles. The van der Waals surface area contributed by atoms with Gasteiger partial charge in [0.1, 0.15) is 0 Å². The van der Waals surface area contributed by atoms with Crippen LogP contribution in [0.3, 0.4) is 0 Å². The highest BCUT2D eigenvalue weighted by molar-refractivity contribution is 6.13. The molecule has 8 aromatic carbocycles. The Labute approximate surface area is 306 Å². The third-order valence-electron chi connectivity index (χ3n) is 9.29. The van der Waals surface area contributed by atoms with E-state index in [0.717, 1.165) is 38.2 Å². The Morgan fingerprint density at radius 1 is 0.392 bits per heavy atom. The van der Waals surface area contributed by atoms with Gasteiger partial charge in [-0.25, -0.2) is 15.0 Å². The van der Waals surface area contributed by atoms with E-state index in [1.54, 1.807) is 4.57 Å². The van der Waals surface area contributed by atoms with Gasteiger partial charge in [0.05, 0.1) is 27.7 Å². The molecule has 4 nitrogen and oxygen atoms in total. The maximum atomic E-state index is 9.20. The Morgan fingerprint density at radius 2 is 0.941 bits per heavy atom. The van der Waals surface area contributed by atoms with Crippen molar-refractivity contribution in [3.05, 3.63) is 182 Å². The van der Waals surface area contributed by atoms with E-state index >= 15 is 0 Å². The van der Waals surface area contributed by atoms with Crippen LogP contribution < -0.4 is 0 Å². The molecular formula is C47H30N4. The fraction of sp³-hybridized carbons (Fsp3) is 0. The SMILES string of the molecule is [2H]c1c([2H])c([2H])c2c(c1[2H])c1c([2H])c([2H])c([2H])c([2H])c1n2-c1cc(-c2nc(-c3ccccc3)nc(-c3cc4ccccc4c4ccccc34)n2)ccc1-c1ccccc1. The molecule has 0 amide bonds. The van der Waals surface area contributed by atoms with Crippen molar-refractivity contribution in [2.24, 2.45) is 0 Å². The van der Waals surface area contributed by atoms with E-state index in [1.807, 2.05) is 103 Å². The molecule has 0 bridgehead atoms. The van der Waals surface area contributed by atoms with Crippen LogP contribution in [0.4, 0.5) is 0 Å². The molecule has 0 aliphatic rings. The number of hydrogen-bond acceptors (Lipinski definition) is 3. The van der Waals surface area contributed by atoms with Gasteiger partial charge >= 0.3 is 0 Å². The lowest BCUT2D eigenvalue weighted by atomic mass is 9.96. The lowest BCUT2D eigenvalue weighted by Gasteiger charge is -2.16. The number of para-hydroxylation sites is 2. The Balaban J connectivity index is 1.33. The van der Waals surface area contributed by atoms with Gasteiger partial charge in [0.2, 0.25) is 0 Å². The van der Waals surface area contributed by atoms with Gasteiger partial charge in [-0.2, -0.15) is 0 Å². The molecule has 4 heteroatoms. The molecule has 0 fully saturated rings. The van der Waals surface area contributed by atoms with Gasteiger partial charge < -0.3 is 4.57 Å². The topological polar surface area (TPSA) is 43.6 Å². The van der Waals surface area contributed by atoms with Crippen LogP contribution in [0.2, 0.25) is 0 Å². The van der Waals surface area contributed by atoms with Gasteiger partial charge in [0.25, 0.3) is 0 Å². The molecule has 0 radical (unpaired) electrons. The number of fused-ring (bicyclic) bond motifs is 6. The highest BCUT2D eigenvalue weighted by atomic mass is 15.0. The zero-order chi connectivity index (χ0) is 40.7. The minimum absolute atomic E-state index is 0.000548. The molecule has 0 unspecified atom stereocenters. The van der Waals surface area contributed by atoms with Gasteiger partial charge in [-0.1, -0.05) is 158 Å². The van der Waals surface area contributed by atoms with Crippen molar-refractivity contribution in [2.75, 3.05) is 0 Å². The maximum absolute atomic E-state index is 9.20. The third kappa shape index (κ3) is 4.88. The molecular weight excluding hydrogens is 621 g/mol. The minimum Gasteiger partial charge on any atom is -0.309 e. The second-order valence-electron chi connectivity index (χ2n) is 12.2. The Morgan fingerprint density at radius 3 is 1.65 bits per heavy atom. The van der Waals surface area contributed by atoms with Crippen molar-refractivity contribution in [3.8, 4) is 51.0 Å². The van der Waals surface area contributed by atoms with Crippen LogP contribution in [0.1, 0.15) is 11.0 Å². The molecule has 51 heavy (non-hydrogen) atoms. The van der Waals surface area contributed by atoms with Crippen LogP contribution in [0, 0.1) is 0 Å². The Hall–Kier alpha value is -6.91. The average Bonchev–Trinajstić information content (AvgIpc) is 3.65. The van der Waals surface area contributed by atoms with E-state index in [1.165, 1.54) is 0 Å². The lowest BCUT2D eigenvalue weighted by molar-refractivity contribution is 1.07. The first-order chi connectivity index (χ1) is 28.6. The molecule has 238 valence electrons. The summed E-state index contributed by atoms with van der Waals surface area (Å²) < 4.78 is 72.5. The van der Waals surface area contributed by atoms with Crippen molar-refractivity contribution in [1.82, 2.24) is 19.5 Å². The summed E-state index contributed by atoms with van der Waals surface area (Å²) in [6.45, 7) is 0. The van der Waals surface area contributed by atoms with Crippen LogP contribution in [0.15, 0.2) is 182 Å². The lowest BCUT2D eigenvalue weighted by Crippen LogP contribution is -2.02. The molecule has 0 N–H and O–H groups in total. The molecule has 0 spiro atoms. The van der Waals surface area contributed by atoms with Crippen molar-refractivity contribution >= 4 is 43.4 Å². The molecule has 10 rings (SSSR count). The van der Waals surface area contributed by atoms with Gasteiger partial charge in [-0.3, -0.25) is 0 Å². The first-order valence-electron chi connectivity index (χ1n) is 20.6. The molecule has 0 saturated carbocycles. The third-order valence-corrected chi connectivity index (χ3v) is 9.29. The fourth-order valence-corrected chi connectivity index (χ4v) is 6.96. The normalized spacial score (nSPS) is 13.7. The summed E-state index contributed by atoms with van der Waals surface area (Å²) in [5, 5.41) is 4.15.